The Morgan fingerprint density at radius 1 is 1.24 bits per heavy atom. The fraction of sp³-hybridized carbons (Fsp3) is 0.467. The molecular formula is C15H21ClN2O3. The van der Waals surface area contributed by atoms with Crippen molar-refractivity contribution in [2.45, 2.75) is 39.5 Å². The number of hydrogen-bond donors (Lipinski definition) is 1. The number of benzene rings is 1. The van der Waals surface area contributed by atoms with Crippen molar-refractivity contribution in [2.24, 2.45) is 5.16 Å². The smallest absolute Gasteiger partial charge is 0.437 e. The first kappa shape index (κ1) is 17.3. The molecule has 1 aromatic carbocycles. The highest BCUT2D eigenvalue weighted by Crippen LogP contribution is 2.16. The van der Waals surface area contributed by atoms with Crippen LogP contribution in [0.25, 0.3) is 0 Å². The fourth-order valence-corrected chi connectivity index (χ4v) is 1.68. The lowest BCUT2D eigenvalue weighted by Gasteiger charge is -2.07. The largest absolute Gasteiger partial charge is 0.494 e. The Morgan fingerprint density at radius 3 is 2.57 bits per heavy atom. The van der Waals surface area contributed by atoms with Gasteiger partial charge >= 0.3 is 6.09 Å². The van der Waals surface area contributed by atoms with Gasteiger partial charge in [0.05, 0.1) is 6.61 Å². The Balaban J connectivity index is 2.40. The van der Waals surface area contributed by atoms with Crippen molar-refractivity contribution < 1.29 is 14.4 Å². The molecule has 0 saturated carbocycles. The van der Waals surface area contributed by atoms with Gasteiger partial charge in [-0.25, -0.2) is 4.79 Å². The monoisotopic (exact) mass is 312 g/mol. The van der Waals surface area contributed by atoms with Gasteiger partial charge < -0.3 is 4.74 Å². The second kappa shape index (κ2) is 10.0. The van der Waals surface area contributed by atoms with E-state index in [1.54, 1.807) is 24.3 Å². The van der Waals surface area contributed by atoms with Crippen molar-refractivity contribution in [1.29, 1.82) is 0 Å². The standard InChI is InChI=1S/C15H21ClN2O3/c1-3-5-11-20-13-9-7-12(8-10-13)17-15(19)21-18-14(16)6-4-2/h7-10H,3-6,11H2,1-2H3,(H,17,19). The molecule has 0 fully saturated rings. The van der Waals surface area contributed by atoms with Gasteiger partial charge in [0, 0.05) is 12.1 Å². The van der Waals surface area contributed by atoms with E-state index in [1.165, 1.54) is 0 Å². The minimum atomic E-state index is -0.677. The zero-order valence-corrected chi connectivity index (χ0v) is 13.2. The second-order valence-electron chi connectivity index (χ2n) is 4.45. The molecule has 1 aromatic rings. The van der Waals surface area contributed by atoms with E-state index in [-0.39, 0.29) is 5.17 Å². The summed E-state index contributed by atoms with van der Waals surface area (Å²) >= 11 is 5.74. The molecule has 0 aliphatic rings. The van der Waals surface area contributed by atoms with Gasteiger partial charge in [-0.05, 0) is 37.1 Å². The molecule has 0 atom stereocenters. The Labute approximate surface area is 130 Å². The summed E-state index contributed by atoms with van der Waals surface area (Å²) in [6.07, 6.45) is 2.85. The molecule has 0 bridgehead atoms. The molecule has 116 valence electrons. The van der Waals surface area contributed by atoms with Crippen molar-refractivity contribution in [2.75, 3.05) is 11.9 Å². The number of carbonyl (C=O) groups excluding carboxylic acids is 1. The number of halogens is 1. The SMILES string of the molecule is CCCCOc1ccc(NC(=O)ON=C(Cl)CCC)cc1. The van der Waals surface area contributed by atoms with Crippen molar-refractivity contribution >= 4 is 28.6 Å². The van der Waals surface area contributed by atoms with Crippen LogP contribution in [0.2, 0.25) is 0 Å². The summed E-state index contributed by atoms with van der Waals surface area (Å²) in [5, 5.41) is 6.34. The number of amides is 1. The van der Waals surface area contributed by atoms with Gasteiger partial charge in [-0.3, -0.25) is 10.2 Å². The zero-order valence-electron chi connectivity index (χ0n) is 12.4. The predicted molar refractivity (Wildman–Crippen MR) is 85.1 cm³/mol. The Kier molecular flexibility index (Phi) is 8.28. The normalized spacial score (nSPS) is 11.1. The molecule has 6 heteroatoms. The molecular weight excluding hydrogens is 292 g/mol. The van der Waals surface area contributed by atoms with Gasteiger partial charge in [0.25, 0.3) is 0 Å². The number of unbranched alkanes of at least 4 members (excludes halogenated alkanes) is 1. The molecule has 0 unspecified atom stereocenters. The average Bonchev–Trinajstić information content (AvgIpc) is 2.48. The number of oxime groups is 1. The van der Waals surface area contributed by atoms with Crippen molar-refractivity contribution in [3.05, 3.63) is 24.3 Å². The van der Waals surface area contributed by atoms with E-state index in [4.69, 9.17) is 16.3 Å². The van der Waals surface area contributed by atoms with E-state index >= 15 is 0 Å². The predicted octanol–water partition coefficient (Wildman–Crippen LogP) is 4.77. The lowest BCUT2D eigenvalue weighted by Crippen LogP contribution is -2.11. The topological polar surface area (TPSA) is 59.9 Å². The van der Waals surface area contributed by atoms with Gasteiger partial charge in [-0.1, -0.05) is 37.0 Å². The molecule has 21 heavy (non-hydrogen) atoms. The van der Waals surface area contributed by atoms with Crippen molar-refractivity contribution in [3.63, 3.8) is 0 Å². The molecule has 1 amide bonds. The van der Waals surface area contributed by atoms with Gasteiger partial charge in [-0.2, -0.15) is 0 Å². The van der Waals surface area contributed by atoms with Gasteiger partial charge in [0.15, 0.2) is 0 Å². The van der Waals surface area contributed by atoms with Crippen molar-refractivity contribution in [3.8, 4) is 5.75 Å². The molecule has 1 N–H and O–H groups in total. The summed E-state index contributed by atoms with van der Waals surface area (Å²) in [6.45, 7) is 4.76. The quantitative estimate of drug-likeness (QED) is 0.325. The molecule has 0 aliphatic heterocycles. The molecule has 0 spiro atoms. The van der Waals surface area contributed by atoms with Crippen LogP contribution >= 0.6 is 11.6 Å². The van der Waals surface area contributed by atoms with Crippen LogP contribution in [-0.4, -0.2) is 17.9 Å². The highest BCUT2D eigenvalue weighted by molar-refractivity contribution is 6.65. The Morgan fingerprint density at radius 2 is 1.95 bits per heavy atom. The van der Waals surface area contributed by atoms with Crippen molar-refractivity contribution in [1.82, 2.24) is 0 Å². The van der Waals surface area contributed by atoms with Crippen LogP contribution in [0.4, 0.5) is 10.5 Å². The van der Waals surface area contributed by atoms with E-state index < -0.39 is 6.09 Å². The maximum Gasteiger partial charge on any atom is 0.437 e. The second-order valence-corrected chi connectivity index (χ2v) is 4.88. The van der Waals surface area contributed by atoms with E-state index in [0.29, 0.717) is 18.7 Å². The van der Waals surface area contributed by atoms with E-state index in [9.17, 15) is 4.79 Å². The number of nitrogens with zero attached hydrogens (tertiary/aromatic N) is 1. The third-order valence-corrected chi connectivity index (χ3v) is 2.81. The average molecular weight is 313 g/mol. The van der Waals surface area contributed by atoms with Crippen LogP contribution in [0.15, 0.2) is 29.4 Å². The summed E-state index contributed by atoms with van der Waals surface area (Å²) < 4.78 is 5.53. The first-order chi connectivity index (χ1) is 10.2. The highest BCUT2D eigenvalue weighted by Gasteiger charge is 2.04. The molecule has 0 heterocycles. The summed E-state index contributed by atoms with van der Waals surface area (Å²) in [5.74, 6) is 0.770. The highest BCUT2D eigenvalue weighted by atomic mass is 35.5. The van der Waals surface area contributed by atoms with Crippen LogP contribution in [0, 0.1) is 0 Å². The number of carbonyl (C=O) groups is 1. The maximum absolute atomic E-state index is 11.5. The summed E-state index contributed by atoms with van der Waals surface area (Å²) in [6, 6.07) is 7.05. The van der Waals surface area contributed by atoms with Crippen LogP contribution < -0.4 is 10.1 Å². The Bertz CT molecular complexity index is 460. The molecule has 0 radical (unpaired) electrons. The minimum absolute atomic E-state index is 0.271. The molecule has 0 aromatic heterocycles. The van der Waals surface area contributed by atoms with Crippen LogP contribution in [-0.2, 0) is 4.84 Å². The zero-order chi connectivity index (χ0) is 15.5. The summed E-state index contributed by atoms with van der Waals surface area (Å²) in [7, 11) is 0. The molecule has 5 nitrogen and oxygen atoms in total. The van der Waals surface area contributed by atoms with Gasteiger partial charge in [0.1, 0.15) is 10.9 Å². The van der Waals surface area contributed by atoms with Gasteiger partial charge in [0.2, 0.25) is 0 Å². The number of hydrogen-bond acceptors (Lipinski definition) is 4. The fourth-order valence-electron chi connectivity index (χ4n) is 1.45. The summed E-state index contributed by atoms with van der Waals surface area (Å²) in [4.78, 5) is 16.1. The molecule has 0 saturated heterocycles. The molecule has 1 rings (SSSR count). The van der Waals surface area contributed by atoms with Gasteiger partial charge in [-0.15, -0.1) is 0 Å². The number of ether oxygens (including phenoxy) is 1. The van der Waals surface area contributed by atoms with E-state index in [1.807, 2.05) is 6.92 Å². The maximum atomic E-state index is 11.5. The lowest BCUT2D eigenvalue weighted by atomic mass is 10.3. The Hall–Kier alpha value is -1.75. The first-order valence-corrected chi connectivity index (χ1v) is 7.46. The number of nitrogens with one attached hydrogen (secondary N) is 1. The minimum Gasteiger partial charge on any atom is -0.494 e. The summed E-state index contributed by atoms with van der Waals surface area (Å²) in [5.41, 5.74) is 0.602. The lowest BCUT2D eigenvalue weighted by molar-refractivity contribution is 0.166. The molecule has 0 aliphatic carbocycles. The van der Waals surface area contributed by atoms with E-state index in [0.717, 1.165) is 25.0 Å². The van der Waals surface area contributed by atoms with Crippen LogP contribution in [0.1, 0.15) is 39.5 Å². The number of anilines is 1. The number of rotatable bonds is 8. The third-order valence-electron chi connectivity index (χ3n) is 2.55. The van der Waals surface area contributed by atoms with E-state index in [2.05, 4.69) is 22.2 Å². The van der Waals surface area contributed by atoms with Crippen LogP contribution in [0.3, 0.4) is 0 Å². The van der Waals surface area contributed by atoms with Crippen LogP contribution in [0.5, 0.6) is 5.75 Å². The first-order valence-electron chi connectivity index (χ1n) is 7.09. The third kappa shape index (κ3) is 7.56.